The molecule has 418 valence electrons. The third kappa shape index (κ3) is 52.1. The molecule has 0 aliphatic rings. The fraction of sp³-hybridized carbons (Fsp3) is 0.783. The minimum Gasteiger partial charge on any atom is -0.462 e. The van der Waals surface area contributed by atoms with Gasteiger partial charge in [0.15, 0.2) is 6.10 Å². The Hall–Kier alpha value is -2.82. The van der Waals surface area contributed by atoms with Gasteiger partial charge < -0.3 is 24.2 Å². The Morgan fingerprint density at radius 1 is 0.389 bits per heavy atom. The largest absolute Gasteiger partial charge is 0.472 e. The van der Waals surface area contributed by atoms with Gasteiger partial charge in [-0.25, -0.2) is 4.57 Å². The van der Waals surface area contributed by atoms with E-state index >= 15 is 0 Å². The molecule has 0 saturated carbocycles. The number of unbranched alkanes of at least 4 members (excludes halogenated alkanes) is 27. The molecule has 0 fully saturated rings. The van der Waals surface area contributed by atoms with Crippen LogP contribution in [-0.2, 0) is 42.2 Å². The summed E-state index contributed by atoms with van der Waals surface area (Å²) >= 11 is 0. The minimum atomic E-state index is -4.75. The molecule has 0 aliphatic carbocycles. The van der Waals surface area contributed by atoms with Crippen LogP contribution in [-0.4, -0.2) is 66.5 Å². The predicted molar refractivity (Wildman–Crippen MR) is 298 cm³/mol. The number of rotatable bonds is 54. The van der Waals surface area contributed by atoms with E-state index in [0.29, 0.717) is 19.3 Å². The third-order valence-electron chi connectivity index (χ3n) is 12.4. The van der Waals surface area contributed by atoms with Crippen molar-refractivity contribution in [2.45, 2.75) is 277 Å². The first kappa shape index (κ1) is 69.2. The molecule has 0 amide bonds. The van der Waals surface area contributed by atoms with Gasteiger partial charge >= 0.3 is 25.7 Å². The van der Waals surface area contributed by atoms with E-state index in [1.807, 2.05) is 0 Å². The number of phosphoric acid groups is 1. The van der Waals surface area contributed by atoms with E-state index in [9.17, 15) is 28.9 Å². The Bertz CT molecular complexity index is 1440. The van der Waals surface area contributed by atoms with Gasteiger partial charge in [-0.3, -0.25) is 23.4 Å². The Balaban J connectivity index is 4.70. The summed E-state index contributed by atoms with van der Waals surface area (Å²) < 4.78 is 39.5. The summed E-state index contributed by atoms with van der Waals surface area (Å²) in [5.41, 5.74) is 0. The van der Waals surface area contributed by atoms with Crippen LogP contribution in [0.3, 0.4) is 0 Å². The molecule has 0 aromatic heterocycles. The number of hydrogen-bond acceptors (Lipinski definition) is 10. The van der Waals surface area contributed by atoms with Crippen molar-refractivity contribution in [2.24, 2.45) is 0 Å². The molecule has 0 radical (unpaired) electrons. The summed E-state index contributed by atoms with van der Waals surface area (Å²) in [6.45, 7) is 4.53. The van der Waals surface area contributed by atoms with Crippen LogP contribution in [0.5, 0.6) is 0 Å². The van der Waals surface area contributed by atoms with E-state index in [-0.39, 0.29) is 25.9 Å². The highest BCUT2D eigenvalue weighted by Crippen LogP contribution is 2.43. The number of aliphatic hydroxyl groups is 1. The van der Waals surface area contributed by atoms with Crippen LogP contribution < -0.4 is 0 Å². The van der Waals surface area contributed by atoms with Crippen LogP contribution in [0.4, 0.5) is 0 Å². The summed E-state index contributed by atoms with van der Waals surface area (Å²) in [4.78, 5) is 48.5. The maximum Gasteiger partial charge on any atom is 0.472 e. The molecular weight excluding hydrogens is 928 g/mol. The van der Waals surface area contributed by atoms with Gasteiger partial charge in [0.05, 0.1) is 19.8 Å². The predicted octanol–water partition coefficient (Wildman–Crippen LogP) is 17.1. The number of ether oxygens (including phenoxy) is 3. The third-order valence-corrected chi connectivity index (χ3v) is 13.3. The van der Waals surface area contributed by atoms with Crippen molar-refractivity contribution < 1.29 is 52.2 Å². The van der Waals surface area contributed by atoms with E-state index in [2.05, 4.69) is 81.5 Å². The smallest absolute Gasteiger partial charge is 0.462 e. The molecule has 0 aromatic carbocycles. The molecule has 0 rings (SSSR count). The summed E-state index contributed by atoms with van der Waals surface area (Å²) in [5.74, 6) is -1.49. The topological polar surface area (TPSA) is 155 Å². The second-order valence-electron chi connectivity index (χ2n) is 19.4. The second-order valence-corrected chi connectivity index (χ2v) is 20.9. The number of aliphatic hydroxyl groups excluding tert-OH is 1. The molecular formula is C60H107O11P. The molecule has 0 saturated heterocycles. The van der Waals surface area contributed by atoms with Gasteiger partial charge in [-0.15, -0.1) is 0 Å². The van der Waals surface area contributed by atoms with Crippen molar-refractivity contribution >= 4 is 25.7 Å². The lowest BCUT2D eigenvalue weighted by Gasteiger charge is -2.21. The Morgan fingerprint density at radius 2 is 0.708 bits per heavy atom. The number of hydrogen-bond donors (Lipinski definition) is 2. The first-order valence-electron chi connectivity index (χ1n) is 29.2. The van der Waals surface area contributed by atoms with Crippen LogP contribution in [0.15, 0.2) is 60.8 Å². The summed E-state index contributed by atoms with van der Waals surface area (Å²) in [6.07, 6.45) is 58.9. The van der Waals surface area contributed by atoms with E-state index in [1.54, 1.807) is 0 Å². The van der Waals surface area contributed by atoms with Crippen LogP contribution in [0.1, 0.15) is 265 Å². The van der Waals surface area contributed by atoms with Crippen molar-refractivity contribution in [3.8, 4) is 0 Å². The van der Waals surface area contributed by atoms with E-state index < -0.39 is 57.8 Å². The van der Waals surface area contributed by atoms with Gasteiger partial charge in [0.2, 0.25) is 0 Å². The Kier molecular flexibility index (Phi) is 52.3. The molecule has 2 N–H and O–H groups in total. The zero-order chi connectivity index (χ0) is 52.7. The van der Waals surface area contributed by atoms with Crippen molar-refractivity contribution in [2.75, 3.05) is 26.4 Å². The Labute approximate surface area is 440 Å². The first-order chi connectivity index (χ1) is 35.2. The highest BCUT2D eigenvalue weighted by Gasteiger charge is 2.28. The molecule has 0 bridgehead atoms. The lowest BCUT2D eigenvalue weighted by atomic mass is 10.1. The molecule has 0 heterocycles. The highest BCUT2D eigenvalue weighted by atomic mass is 31.2. The molecule has 72 heavy (non-hydrogen) atoms. The normalized spacial score (nSPS) is 13.8. The zero-order valence-corrected chi connectivity index (χ0v) is 47.0. The monoisotopic (exact) mass is 1030 g/mol. The van der Waals surface area contributed by atoms with E-state index in [4.69, 9.17) is 23.3 Å². The number of allylic oxidation sites excluding steroid dienone is 10. The average Bonchev–Trinajstić information content (AvgIpc) is 3.37. The lowest BCUT2D eigenvalue weighted by Crippen LogP contribution is -2.30. The van der Waals surface area contributed by atoms with Crippen molar-refractivity contribution in [1.82, 2.24) is 0 Å². The minimum absolute atomic E-state index is 0.150. The summed E-state index contributed by atoms with van der Waals surface area (Å²) in [7, 11) is -4.75. The first-order valence-corrected chi connectivity index (χ1v) is 30.7. The van der Waals surface area contributed by atoms with Gasteiger partial charge in [0.1, 0.15) is 12.7 Å². The Morgan fingerprint density at radius 3 is 1.12 bits per heavy atom. The van der Waals surface area contributed by atoms with Gasteiger partial charge in [-0.05, 0) is 103 Å². The molecule has 3 unspecified atom stereocenters. The van der Waals surface area contributed by atoms with Gasteiger partial charge in [-0.1, -0.05) is 204 Å². The van der Waals surface area contributed by atoms with Crippen molar-refractivity contribution in [3.05, 3.63) is 60.8 Å². The number of esters is 3. The van der Waals surface area contributed by atoms with Gasteiger partial charge in [0.25, 0.3) is 0 Å². The van der Waals surface area contributed by atoms with Crippen LogP contribution in [0, 0.1) is 0 Å². The molecule has 12 heteroatoms. The molecule has 0 spiro atoms. The van der Waals surface area contributed by atoms with Gasteiger partial charge in [-0.2, -0.15) is 0 Å². The number of carbonyl (C=O) groups is 3. The van der Waals surface area contributed by atoms with Gasteiger partial charge in [0, 0.05) is 19.3 Å². The number of phosphoric ester groups is 1. The summed E-state index contributed by atoms with van der Waals surface area (Å²) in [6, 6.07) is 0. The maximum absolute atomic E-state index is 12.9. The van der Waals surface area contributed by atoms with E-state index in [1.165, 1.54) is 83.5 Å². The fourth-order valence-electron chi connectivity index (χ4n) is 7.89. The van der Waals surface area contributed by atoms with E-state index in [0.717, 1.165) is 122 Å². The van der Waals surface area contributed by atoms with Crippen LogP contribution >= 0.6 is 7.82 Å². The fourth-order valence-corrected chi connectivity index (χ4v) is 8.67. The highest BCUT2D eigenvalue weighted by molar-refractivity contribution is 7.47. The summed E-state index contributed by atoms with van der Waals surface area (Å²) in [5, 5.41) is 9.80. The molecule has 0 aromatic rings. The average molecular weight is 1040 g/mol. The maximum atomic E-state index is 12.9. The SMILES string of the molecule is CCC/C=C\C/C=C\CCCCCCCC(=O)OC(COC(=O)CCCCCCCCCCC/C=C\C/C=C\CCCCC)COP(=O)(O)OCC(CO)OC(=O)CCCCCCC/C=C\CCCCCC. The number of carbonyl (C=O) groups excluding carboxylic acids is 3. The molecule has 11 nitrogen and oxygen atoms in total. The molecule has 3 atom stereocenters. The lowest BCUT2D eigenvalue weighted by molar-refractivity contribution is -0.161. The zero-order valence-electron chi connectivity index (χ0n) is 46.1. The molecule has 0 aliphatic heterocycles. The van der Waals surface area contributed by atoms with Crippen LogP contribution in [0.25, 0.3) is 0 Å². The van der Waals surface area contributed by atoms with Crippen molar-refractivity contribution in [3.63, 3.8) is 0 Å². The van der Waals surface area contributed by atoms with Crippen LogP contribution in [0.2, 0.25) is 0 Å². The second kappa shape index (κ2) is 54.4. The quantitative estimate of drug-likeness (QED) is 0.0197. The standard InChI is InChI=1S/C60H107O11P/c1-4-7-10-13-16-19-22-25-26-27-28-29-30-33-34-37-40-43-46-49-58(62)67-53-57(71-60(64)51-48-45-42-39-36-32-24-21-18-15-12-9-6-3)55-69-72(65,66)68-54-56(52-61)70-59(63)50-47-44-41-38-35-31-23-20-17-14-11-8-5-2/h12,15-16,19-21,23-26,56-57,61H,4-11,13-14,17-18,22,27-55H2,1-3H3,(H,65,66)/b15-12-,19-16-,23-20-,24-21-,26-25-. The van der Waals surface area contributed by atoms with Crippen molar-refractivity contribution in [1.29, 1.82) is 0 Å².